The Morgan fingerprint density at radius 1 is 1.29 bits per heavy atom. The lowest BCUT2D eigenvalue weighted by atomic mass is 9.94. The molecule has 0 aliphatic carbocycles. The van der Waals surface area contributed by atoms with Crippen molar-refractivity contribution in [2.24, 2.45) is 11.7 Å². The van der Waals surface area contributed by atoms with Gasteiger partial charge >= 0.3 is 0 Å². The van der Waals surface area contributed by atoms with E-state index < -0.39 is 0 Å². The first-order valence-electron chi connectivity index (χ1n) is 7.68. The van der Waals surface area contributed by atoms with Crippen LogP contribution in [0.2, 0.25) is 0 Å². The molecule has 2 rings (SSSR count). The van der Waals surface area contributed by atoms with Crippen LogP contribution >= 0.6 is 0 Å². The second-order valence-electron chi connectivity index (χ2n) is 5.47. The largest absolute Gasteiger partial charge is 0.339 e. The van der Waals surface area contributed by atoms with Crippen molar-refractivity contribution in [1.82, 2.24) is 15.1 Å². The van der Waals surface area contributed by atoms with E-state index in [2.05, 4.69) is 22.0 Å². The maximum Gasteiger partial charge on any atom is 0.226 e. The van der Waals surface area contributed by atoms with Crippen LogP contribution < -0.4 is 5.73 Å². The highest BCUT2D eigenvalue weighted by Gasteiger charge is 2.13. The lowest BCUT2D eigenvalue weighted by molar-refractivity contribution is 0.349. The normalized spacial score (nSPS) is 12.5. The van der Waals surface area contributed by atoms with E-state index in [1.54, 1.807) is 6.20 Å². The molecule has 5 nitrogen and oxygen atoms in total. The van der Waals surface area contributed by atoms with E-state index in [0.717, 1.165) is 36.9 Å². The molecule has 2 aromatic rings. The SMILES string of the molecule is CCCC(CCN)CCc1nc(-c2ccncc2C)no1. The van der Waals surface area contributed by atoms with Gasteiger partial charge < -0.3 is 10.3 Å². The lowest BCUT2D eigenvalue weighted by Crippen LogP contribution is -2.09. The van der Waals surface area contributed by atoms with Gasteiger partial charge in [-0.1, -0.05) is 24.9 Å². The van der Waals surface area contributed by atoms with Crippen molar-refractivity contribution in [2.45, 2.75) is 46.0 Å². The molecule has 0 spiro atoms. The van der Waals surface area contributed by atoms with Gasteiger partial charge in [0.15, 0.2) is 0 Å². The molecule has 0 aliphatic heterocycles. The maximum absolute atomic E-state index is 5.67. The zero-order valence-electron chi connectivity index (χ0n) is 12.9. The second-order valence-corrected chi connectivity index (χ2v) is 5.47. The summed E-state index contributed by atoms with van der Waals surface area (Å²) < 4.78 is 5.37. The fourth-order valence-corrected chi connectivity index (χ4v) is 2.59. The molecule has 0 radical (unpaired) electrons. The van der Waals surface area contributed by atoms with E-state index in [4.69, 9.17) is 10.3 Å². The summed E-state index contributed by atoms with van der Waals surface area (Å²) in [5, 5.41) is 4.08. The Hall–Kier alpha value is -1.75. The van der Waals surface area contributed by atoms with Gasteiger partial charge in [-0.05, 0) is 43.9 Å². The van der Waals surface area contributed by atoms with E-state index in [1.165, 1.54) is 12.8 Å². The Labute approximate surface area is 126 Å². The minimum atomic E-state index is 0.649. The van der Waals surface area contributed by atoms with Crippen LogP contribution in [0.3, 0.4) is 0 Å². The fraction of sp³-hybridized carbons (Fsp3) is 0.562. The van der Waals surface area contributed by atoms with Gasteiger partial charge in [0.1, 0.15) is 0 Å². The van der Waals surface area contributed by atoms with Crippen molar-refractivity contribution in [3.8, 4) is 11.4 Å². The average molecular weight is 288 g/mol. The summed E-state index contributed by atoms with van der Waals surface area (Å²) >= 11 is 0. The van der Waals surface area contributed by atoms with Crippen molar-refractivity contribution in [3.05, 3.63) is 29.9 Å². The van der Waals surface area contributed by atoms with Crippen molar-refractivity contribution < 1.29 is 4.52 Å². The van der Waals surface area contributed by atoms with Gasteiger partial charge in [-0.25, -0.2) is 0 Å². The summed E-state index contributed by atoms with van der Waals surface area (Å²) in [4.78, 5) is 8.58. The molecule has 0 aliphatic rings. The Balaban J connectivity index is 1.98. The molecule has 2 aromatic heterocycles. The average Bonchev–Trinajstić information content (AvgIpc) is 2.94. The molecule has 0 bridgehead atoms. The van der Waals surface area contributed by atoms with Crippen LogP contribution in [0.1, 0.15) is 44.1 Å². The van der Waals surface area contributed by atoms with Gasteiger partial charge in [0.25, 0.3) is 0 Å². The predicted molar refractivity (Wildman–Crippen MR) is 82.7 cm³/mol. The molecule has 2 N–H and O–H groups in total. The van der Waals surface area contributed by atoms with E-state index in [9.17, 15) is 0 Å². The van der Waals surface area contributed by atoms with Crippen molar-refractivity contribution in [3.63, 3.8) is 0 Å². The van der Waals surface area contributed by atoms with Crippen LogP contribution in [0, 0.1) is 12.8 Å². The second kappa shape index (κ2) is 7.88. The number of aromatic nitrogens is 3. The highest BCUT2D eigenvalue weighted by molar-refractivity contribution is 5.57. The molecule has 0 fully saturated rings. The third-order valence-electron chi connectivity index (χ3n) is 3.77. The zero-order valence-corrected chi connectivity index (χ0v) is 12.9. The molecular weight excluding hydrogens is 264 g/mol. The molecule has 0 saturated carbocycles. The summed E-state index contributed by atoms with van der Waals surface area (Å²) in [6.07, 6.45) is 8.90. The van der Waals surface area contributed by atoms with Gasteiger partial charge in [-0.2, -0.15) is 4.98 Å². The zero-order chi connectivity index (χ0) is 15.1. The molecule has 0 amide bonds. The first-order chi connectivity index (χ1) is 10.2. The molecule has 21 heavy (non-hydrogen) atoms. The van der Waals surface area contributed by atoms with Crippen molar-refractivity contribution in [1.29, 1.82) is 0 Å². The Kier molecular flexibility index (Phi) is 5.87. The lowest BCUT2D eigenvalue weighted by Gasteiger charge is -2.13. The predicted octanol–water partition coefficient (Wildman–Crippen LogP) is 3.14. The molecule has 5 heteroatoms. The molecule has 114 valence electrons. The van der Waals surface area contributed by atoms with E-state index in [0.29, 0.717) is 17.6 Å². The smallest absolute Gasteiger partial charge is 0.226 e. The molecule has 0 aromatic carbocycles. The molecule has 1 unspecified atom stereocenters. The van der Waals surface area contributed by atoms with Crippen LogP contribution in [-0.2, 0) is 6.42 Å². The van der Waals surface area contributed by atoms with Gasteiger partial charge in [0, 0.05) is 24.4 Å². The number of hydrogen-bond acceptors (Lipinski definition) is 5. The number of nitrogens with two attached hydrogens (primary N) is 1. The highest BCUT2D eigenvalue weighted by Crippen LogP contribution is 2.21. The third-order valence-corrected chi connectivity index (χ3v) is 3.77. The molecule has 0 saturated heterocycles. The minimum absolute atomic E-state index is 0.649. The number of aryl methyl sites for hydroxylation is 2. The Bertz CT molecular complexity index is 547. The minimum Gasteiger partial charge on any atom is -0.339 e. The first-order valence-corrected chi connectivity index (χ1v) is 7.68. The van der Waals surface area contributed by atoms with Gasteiger partial charge in [-0.3, -0.25) is 4.98 Å². The number of nitrogens with zero attached hydrogens (tertiary/aromatic N) is 3. The molecule has 2 heterocycles. The summed E-state index contributed by atoms with van der Waals surface area (Å²) in [6.45, 7) is 4.95. The number of hydrogen-bond donors (Lipinski definition) is 1. The monoisotopic (exact) mass is 288 g/mol. The topological polar surface area (TPSA) is 77.8 Å². The van der Waals surface area contributed by atoms with Crippen LogP contribution in [-0.4, -0.2) is 21.7 Å². The maximum atomic E-state index is 5.67. The fourth-order valence-electron chi connectivity index (χ4n) is 2.59. The van der Waals surface area contributed by atoms with Crippen LogP contribution in [0.15, 0.2) is 23.0 Å². The summed E-state index contributed by atoms with van der Waals surface area (Å²) in [5.41, 5.74) is 7.70. The summed E-state index contributed by atoms with van der Waals surface area (Å²) in [5.74, 6) is 2.01. The molecular formula is C16H24N4O. The van der Waals surface area contributed by atoms with Gasteiger partial charge in [0.05, 0.1) is 0 Å². The standard InChI is InChI=1S/C16H24N4O/c1-3-4-13(7-9-17)5-6-15-19-16(20-21-15)14-8-10-18-11-12(14)2/h8,10-11,13H,3-7,9,17H2,1-2H3. The van der Waals surface area contributed by atoms with Crippen molar-refractivity contribution in [2.75, 3.05) is 6.54 Å². The van der Waals surface area contributed by atoms with Crippen molar-refractivity contribution >= 4 is 0 Å². The third kappa shape index (κ3) is 4.36. The summed E-state index contributed by atoms with van der Waals surface area (Å²) in [7, 11) is 0. The van der Waals surface area contributed by atoms with Gasteiger partial charge in [-0.15, -0.1) is 0 Å². The number of pyridine rings is 1. The molecule has 1 atom stereocenters. The highest BCUT2D eigenvalue weighted by atomic mass is 16.5. The first kappa shape index (κ1) is 15.6. The Morgan fingerprint density at radius 2 is 2.14 bits per heavy atom. The van der Waals surface area contributed by atoms with Crippen LogP contribution in [0.25, 0.3) is 11.4 Å². The van der Waals surface area contributed by atoms with E-state index in [-0.39, 0.29) is 0 Å². The van der Waals surface area contributed by atoms with Crippen LogP contribution in [0.5, 0.6) is 0 Å². The summed E-state index contributed by atoms with van der Waals surface area (Å²) in [6, 6.07) is 1.91. The quantitative estimate of drug-likeness (QED) is 0.807. The van der Waals surface area contributed by atoms with E-state index in [1.807, 2.05) is 19.2 Å². The Morgan fingerprint density at radius 3 is 2.86 bits per heavy atom. The van der Waals surface area contributed by atoms with E-state index >= 15 is 0 Å². The van der Waals surface area contributed by atoms with Gasteiger partial charge in [0.2, 0.25) is 11.7 Å². The van der Waals surface area contributed by atoms with Crippen LogP contribution in [0.4, 0.5) is 0 Å². The number of rotatable bonds is 8.